The van der Waals surface area contributed by atoms with Crippen molar-refractivity contribution in [3.05, 3.63) is 29.1 Å². The van der Waals surface area contributed by atoms with Crippen LogP contribution in [0.4, 0.5) is 18.0 Å². The molecule has 1 aromatic rings. The number of carbonyl (C=O) groups excluding carboxylic acids is 2. The van der Waals surface area contributed by atoms with Crippen molar-refractivity contribution in [2.75, 3.05) is 20.2 Å². The van der Waals surface area contributed by atoms with Crippen LogP contribution in [0, 0.1) is 0 Å². The zero-order valence-electron chi connectivity index (χ0n) is 11.7. The Morgan fingerprint density at radius 1 is 1.41 bits per heavy atom. The molecule has 1 aromatic heterocycles. The molecule has 0 atom stereocenters. The average molecular weight is 317 g/mol. The van der Waals surface area contributed by atoms with Gasteiger partial charge in [0.15, 0.2) is 0 Å². The largest absolute Gasteiger partial charge is 0.453 e. The quantitative estimate of drug-likeness (QED) is 0.897. The van der Waals surface area contributed by atoms with E-state index < -0.39 is 24.7 Å². The maximum absolute atomic E-state index is 12.2. The molecule has 9 heteroatoms. The number of amides is 2. The molecule has 0 saturated carbocycles. The van der Waals surface area contributed by atoms with E-state index in [2.05, 4.69) is 9.72 Å². The molecule has 2 heterocycles. The van der Waals surface area contributed by atoms with Crippen LogP contribution in [0.3, 0.4) is 0 Å². The number of nitrogens with zero attached hydrogens (tertiary/aromatic N) is 2. The highest BCUT2D eigenvalue weighted by molar-refractivity contribution is 5.95. The number of ether oxygens (including phenoxy) is 1. The highest BCUT2D eigenvalue weighted by atomic mass is 19.4. The molecule has 22 heavy (non-hydrogen) atoms. The van der Waals surface area contributed by atoms with Gasteiger partial charge in [0.2, 0.25) is 0 Å². The standard InChI is InChI=1S/C13H14F3N3O3/c1-22-12(21)19-3-2-9-8(6-19)4-17-5-10(9)11(20)18-7-13(14,15)16/h4-5H,2-3,6-7H2,1H3,(H,18,20). The number of fused-ring (bicyclic) bond motifs is 1. The van der Waals surface area contributed by atoms with Crippen LogP contribution < -0.4 is 5.32 Å². The molecule has 0 radical (unpaired) electrons. The Hall–Kier alpha value is -2.32. The Morgan fingerprint density at radius 2 is 2.14 bits per heavy atom. The Labute approximate surface area is 124 Å². The second-order valence-electron chi connectivity index (χ2n) is 4.76. The third-order valence-electron chi connectivity index (χ3n) is 3.27. The van der Waals surface area contributed by atoms with E-state index in [4.69, 9.17) is 0 Å². The molecule has 0 saturated heterocycles. The molecule has 6 nitrogen and oxygen atoms in total. The van der Waals surface area contributed by atoms with E-state index in [1.54, 1.807) is 0 Å². The summed E-state index contributed by atoms with van der Waals surface area (Å²) in [5, 5.41) is 1.82. The van der Waals surface area contributed by atoms with E-state index in [0.29, 0.717) is 24.1 Å². The lowest BCUT2D eigenvalue weighted by molar-refractivity contribution is -0.123. The molecule has 0 fully saturated rings. The summed E-state index contributed by atoms with van der Waals surface area (Å²) in [7, 11) is 1.26. The first kappa shape index (κ1) is 16.1. The molecule has 0 aromatic carbocycles. The molecule has 2 amide bonds. The second kappa shape index (κ2) is 6.20. The third kappa shape index (κ3) is 3.66. The van der Waals surface area contributed by atoms with E-state index in [-0.39, 0.29) is 12.1 Å². The van der Waals surface area contributed by atoms with Crippen molar-refractivity contribution in [3.8, 4) is 0 Å². The number of hydrogen-bond acceptors (Lipinski definition) is 4. The molecule has 0 spiro atoms. The smallest absolute Gasteiger partial charge is 0.409 e. The molecule has 0 aliphatic carbocycles. The van der Waals surface area contributed by atoms with Crippen molar-refractivity contribution in [3.63, 3.8) is 0 Å². The predicted molar refractivity (Wildman–Crippen MR) is 69.1 cm³/mol. The van der Waals surface area contributed by atoms with Gasteiger partial charge in [0.05, 0.1) is 19.2 Å². The van der Waals surface area contributed by atoms with Gasteiger partial charge in [-0.2, -0.15) is 13.2 Å². The third-order valence-corrected chi connectivity index (χ3v) is 3.27. The first-order valence-electron chi connectivity index (χ1n) is 6.45. The number of carbonyl (C=O) groups is 2. The number of rotatable bonds is 2. The van der Waals surface area contributed by atoms with Gasteiger partial charge in [-0.25, -0.2) is 4.79 Å². The van der Waals surface area contributed by atoms with Crippen molar-refractivity contribution in [1.29, 1.82) is 0 Å². The molecular formula is C13H14F3N3O3. The first-order valence-corrected chi connectivity index (χ1v) is 6.45. The Kier molecular flexibility index (Phi) is 4.53. The Morgan fingerprint density at radius 3 is 2.77 bits per heavy atom. The van der Waals surface area contributed by atoms with Crippen molar-refractivity contribution < 1.29 is 27.5 Å². The molecule has 1 aliphatic rings. The maximum atomic E-state index is 12.2. The van der Waals surface area contributed by atoms with E-state index in [1.807, 2.05) is 5.32 Å². The summed E-state index contributed by atoms with van der Waals surface area (Å²) in [6, 6.07) is 0. The number of halogens is 3. The Balaban J connectivity index is 2.16. The van der Waals surface area contributed by atoms with Crippen LogP contribution in [0.1, 0.15) is 21.5 Å². The molecule has 0 bridgehead atoms. The topological polar surface area (TPSA) is 71.5 Å². The van der Waals surface area contributed by atoms with Crippen LogP contribution in [0.15, 0.2) is 12.4 Å². The summed E-state index contributed by atoms with van der Waals surface area (Å²) in [6.45, 7) is -0.873. The summed E-state index contributed by atoms with van der Waals surface area (Å²) < 4.78 is 41.1. The number of aromatic nitrogens is 1. The fraction of sp³-hybridized carbons (Fsp3) is 0.462. The van der Waals surface area contributed by atoms with E-state index in [9.17, 15) is 22.8 Å². The van der Waals surface area contributed by atoms with Crippen LogP contribution in [0.2, 0.25) is 0 Å². The second-order valence-corrected chi connectivity index (χ2v) is 4.76. The summed E-state index contributed by atoms with van der Waals surface area (Å²) in [4.78, 5) is 28.7. The zero-order valence-corrected chi connectivity index (χ0v) is 11.7. The number of alkyl halides is 3. The zero-order chi connectivity index (χ0) is 16.3. The molecule has 1 aliphatic heterocycles. The fourth-order valence-corrected chi connectivity index (χ4v) is 2.25. The molecule has 2 rings (SSSR count). The van der Waals surface area contributed by atoms with Crippen LogP contribution >= 0.6 is 0 Å². The average Bonchev–Trinajstić information content (AvgIpc) is 2.49. The van der Waals surface area contributed by atoms with Crippen molar-refractivity contribution in [2.24, 2.45) is 0 Å². The van der Waals surface area contributed by atoms with Crippen molar-refractivity contribution in [1.82, 2.24) is 15.2 Å². The number of methoxy groups -OCH3 is 1. The van der Waals surface area contributed by atoms with Gasteiger partial charge in [0.25, 0.3) is 5.91 Å². The van der Waals surface area contributed by atoms with Crippen LogP contribution in [0.5, 0.6) is 0 Å². The van der Waals surface area contributed by atoms with Crippen LogP contribution in [-0.4, -0.2) is 48.3 Å². The van der Waals surface area contributed by atoms with E-state index in [0.717, 1.165) is 0 Å². The lowest BCUT2D eigenvalue weighted by atomic mass is 9.97. The highest BCUT2D eigenvalue weighted by Crippen LogP contribution is 2.22. The molecular weight excluding hydrogens is 303 g/mol. The monoisotopic (exact) mass is 317 g/mol. The fourth-order valence-electron chi connectivity index (χ4n) is 2.25. The number of pyridine rings is 1. The van der Waals surface area contributed by atoms with Gasteiger partial charge in [-0.1, -0.05) is 0 Å². The minimum Gasteiger partial charge on any atom is -0.453 e. The molecule has 0 unspecified atom stereocenters. The molecule has 120 valence electrons. The van der Waals surface area contributed by atoms with Crippen LogP contribution in [-0.2, 0) is 17.7 Å². The summed E-state index contributed by atoms with van der Waals surface area (Å²) in [5.41, 5.74) is 1.33. The lowest BCUT2D eigenvalue weighted by Gasteiger charge is -2.28. The van der Waals surface area contributed by atoms with Gasteiger partial charge in [0, 0.05) is 18.9 Å². The van der Waals surface area contributed by atoms with E-state index in [1.165, 1.54) is 24.4 Å². The first-order chi connectivity index (χ1) is 10.3. The van der Waals surface area contributed by atoms with Gasteiger partial charge in [-0.15, -0.1) is 0 Å². The normalized spacial score (nSPS) is 14.3. The van der Waals surface area contributed by atoms with Gasteiger partial charge >= 0.3 is 12.3 Å². The number of nitrogens with one attached hydrogen (secondary N) is 1. The summed E-state index contributed by atoms with van der Waals surface area (Å²) in [6.07, 6.45) is -1.90. The van der Waals surface area contributed by atoms with E-state index >= 15 is 0 Å². The maximum Gasteiger partial charge on any atom is 0.409 e. The lowest BCUT2D eigenvalue weighted by Crippen LogP contribution is -2.38. The van der Waals surface area contributed by atoms with Crippen LogP contribution in [0.25, 0.3) is 0 Å². The summed E-state index contributed by atoms with van der Waals surface area (Å²) >= 11 is 0. The van der Waals surface area contributed by atoms with Gasteiger partial charge in [-0.3, -0.25) is 9.78 Å². The summed E-state index contributed by atoms with van der Waals surface area (Å²) in [5.74, 6) is -0.826. The Bertz CT molecular complexity index is 590. The number of hydrogen-bond donors (Lipinski definition) is 1. The van der Waals surface area contributed by atoms with Gasteiger partial charge in [-0.05, 0) is 17.5 Å². The molecule has 1 N–H and O–H groups in total. The van der Waals surface area contributed by atoms with Gasteiger partial charge in [0.1, 0.15) is 6.54 Å². The minimum atomic E-state index is -4.47. The van der Waals surface area contributed by atoms with Crippen molar-refractivity contribution in [2.45, 2.75) is 19.1 Å². The van der Waals surface area contributed by atoms with Gasteiger partial charge < -0.3 is 15.0 Å². The minimum absolute atomic E-state index is 0.103. The highest BCUT2D eigenvalue weighted by Gasteiger charge is 2.29. The van der Waals surface area contributed by atoms with Crippen molar-refractivity contribution >= 4 is 12.0 Å². The predicted octanol–water partition coefficient (Wildman–Crippen LogP) is 1.50. The SMILES string of the molecule is COC(=O)N1CCc2c(cncc2C(=O)NCC(F)(F)F)C1.